The lowest BCUT2D eigenvalue weighted by Crippen LogP contribution is -2.46. The van der Waals surface area contributed by atoms with E-state index in [4.69, 9.17) is 9.47 Å². The van der Waals surface area contributed by atoms with Crippen molar-refractivity contribution in [1.29, 1.82) is 0 Å². The van der Waals surface area contributed by atoms with Gasteiger partial charge in [-0.3, -0.25) is 4.79 Å². The quantitative estimate of drug-likeness (QED) is 0.838. The Labute approximate surface area is 153 Å². The predicted octanol–water partition coefficient (Wildman–Crippen LogP) is 2.22. The number of imidazole rings is 1. The molecule has 7 heteroatoms. The number of carbonyl (C=O) groups is 1. The van der Waals surface area contributed by atoms with E-state index in [2.05, 4.69) is 10.1 Å². The SMILES string of the molecule is Cc1cn2nc(OCC3CCN(C(=O)C4CCCCO4)CC3)ccc2n1. The van der Waals surface area contributed by atoms with Gasteiger partial charge in [-0.15, -0.1) is 5.10 Å². The zero-order valence-electron chi connectivity index (χ0n) is 15.3. The van der Waals surface area contributed by atoms with Gasteiger partial charge < -0.3 is 14.4 Å². The molecule has 2 aromatic rings. The molecule has 4 heterocycles. The van der Waals surface area contributed by atoms with Gasteiger partial charge in [0.1, 0.15) is 6.10 Å². The minimum Gasteiger partial charge on any atom is -0.476 e. The first kappa shape index (κ1) is 17.3. The standard InChI is InChI=1S/C19H26N4O3/c1-14-12-23-17(20-14)5-6-18(21-23)26-13-15-7-9-22(10-8-15)19(24)16-4-2-3-11-25-16/h5-6,12,15-16H,2-4,7-11,13H2,1H3. The summed E-state index contributed by atoms with van der Waals surface area (Å²) in [6.45, 7) is 4.88. The summed E-state index contributed by atoms with van der Waals surface area (Å²) in [5.74, 6) is 1.24. The fraction of sp³-hybridized carbons (Fsp3) is 0.632. The molecule has 2 aromatic heterocycles. The highest BCUT2D eigenvalue weighted by Crippen LogP contribution is 2.22. The van der Waals surface area contributed by atoms with Crippen LogP contribution in [-0.4, -0.2) is 57.8 Å². The van der Waals surface area contributed by atoms with Gasteiger partial charge in [-0.05, 0) is 51.0 Å². The van der Waals surface area contributed by atoms with Crippen LogP contribution in [0.3, 0.4) is 0 Å². The zero-order chi connectivity index (χ0) is 17.9. The van der Waals surface area contributed by atoms with Crippen molar-refractivity contribution in [2.24, 2.45) is 5.92 Å². The largest absolute Gasteiger partial charge is 0.476 e. The number of hydrogen-bond donors (Lipinski definition) is 0. The van der Waals surface area contributed by atoms with Crippen LogP contribution in [0.2, 0.25) is 0 Å². The van der Waals surface area contributed by atoms with Crippen molar-refractivity contribution in [3.8, 4) is 5.88 Å². The molecule has 1 unspecified atom stereocenters. The molecular weight excluding hydrogens is 332 g/mol. The summed E-state index contributed by atoms with van der Waals surface area (Å²) in [6, 6.07) is 3.78. The van der Waals surface area contributed by atoms with E-state index in [0.717, 1.165) is 56.5 Å². The molecular formula is C19H26N4O3. The Morgan fingerprint density at radius 2 is 2.12 bits per heavy atom. The molecule has 2 aliphatic heterocycles. The van der Waals surface area contributed by atoms with Crippen molar-refractivity contribution in [2.75, 3.05) is 26.3 Å². The number of nitrogens with zero attached hydrogens (tertiary/aromatic N) is 4. The highest BCUT2D eigenvalue weighted by molar-refractivity contribution is 5.81. The topological polar surface area (TPSA) is 69.0 Å². The van der Waals surface area contributed by atoms with Gasteiger partial charge in [0.25, 0.3) is 5.91 Å². The number of amides is 1. The summed E-state index contributed by atoms with van der Waals surface area (Å²) in [5, 5.41) is 4.44. The minimum absolute atomic E-state index is 0.173. The van der Waals surface area contributed by atoms with Crippen molar-refractivity contribution >= 4 is 11.6 Å². The third-order valence-corrected chi connectivity index (χ3v) is 5.26. The molecule has 0 aromatic carbocycles. The molecule has 0 bridgehead atoms. The molecule has 2 saturated heterocycles. The molecule has 0 radical (unpaired) electrons. The molecule has 140 valence electrons. The molecule has 2 fully saturated rings. The van der Waals surface area contributed by atoms with Gasteiger partial charge in [0.05, 0.1) is 18.5 Å². The second-order valence-corrected chi connectivity index (χ2v) is 7.29. The molecule has 4 rings (SSSR count). The number of hydrogen-bond acceptors (Lipinski definition) is 5. The summed E-state index contributed by atoms with van der Waals surface area (Å²) in [5.41, 5.74) is 1.76. The number of aryl methyl sites for hydroxylation is 1. The Morgan fingerprint density at radius 3 is 2.88 bits per heavy atom. The van der Waals surface area contributed by atoms with E-state index < -0.39 is 0 Å². The van der Waals surface area contributed by atoms with E-state index in [1.54, 1.807) is 4.52 Å². The first-order chi connectivity index (χ1) is 12.7. The predicted molar refractivity (Wildman–Crippen MR) is 96.1 cm³/mol. The lowest BCUT2D eigenvalue weighted by molar-refractivity contribution is -0.148. The van der Waals surface area contributed by atoms with E-state index in [-0.39, 0.29) is 12.0 Å². The van der Waals surface area contributed by atoms with Crippen LogP contribution in [0.15, 0.2) is 18.3 Å². The van der Waals surface area contributed by atoms with Crippen molar-refractivity contribution < 1.29 is 14.3 Å². The first-order valence-electron chi connectivity index (χ1n) is 9.55. The number of rotatable bonds is 4. The van der Waals surface area contributed by atoms with Gasteiger partial charge >= 0.3 is 0 Å². The Kier molecular flexibility index (Phi) is 5.06. The number of fused-ring (bicyclic) bond motifs is 1. The molecule has 26 heavy (non-hydrogen) atoms. The summed E-state index contributed by atoms with van der Waals surface area (Å²) in [7, 11) is 0. The zero-order valence-corrected chi connectivity index (χ0v) is 15.3. The van der Waals surface area contributed by atoms with Crippen molar-refractivity contribution in [1.82, 2.24) is 19.5 Å². The smallest absolute Gasteiger partial charge is 0.251 e. The van der Waals surface area contributed by atoms with E-state index in [9.17, 15) is 4.79 Å². The Balaban J connectivity index is 1.26. The highest BCUT2D eigenvalue weighted by Gasteiger charge is 2.30. The van der Waals surface area contributed by atoms with Crippen molar-refractivity contribution in [3.63, 3.8) is 0 Å². The normalized spacial score (nSPS) is 21.9. The highest BCUT2D eigenvalue weighted by atomic mass is 16.5. The number of carbonyl (C=O) groups excluding carboxylic acids is 1. The minimum atomic E-state index is -0.217. The van der Waals surface area contributed by atoms with Crippen LogP contribution >= 0.6 is 0 Å². The van der Waals surface area contributed by atoms with Crippen LogP contribution < -0.4 is 4.74 Å². The van der Waals surface area contributed by atoms with Gasteiger partial charge in [0, 0.05) is 25.8 Å². The molecule has 0 N–H and O–H groups in total. The van der Waals surface area contributed by atoms with Crippen LogP contribution in [0.4, 0.5) is 0 Å². The van der Waals surface area contributed by atoms with Gasteiger partial charge in [0.15, 0.2) is 5.65 Å². The van der Waals surface area contributed by atoms with Crippen LogP contribution in [0.1, 0.15) is 37.8 Å². The average molecular weight is 358 g/mol. The third kappa shape index (κ3) is 3.82. The molecule has 1 atom stereocenters. The molecule has 0 aliphatic carbocycles. The maximum Gasteiger partial charge on any atom is 0.251 e. The van der Waals surface area contributed by atoms with Gasteiger partial charge in [-0.25, -0.2) is 9.50 Å². The van der Waals surface area contributed by atoms with E-state index in [1.807, 2.05) is 30.2 Å². The third-order valence-electron chi connectivity index (χ3n) is 5.26. The number of likely N-dealkylation sites (tertiary alicyclic amines) is 1. The monoisotopic (exact) mass is 358 g/mol. The Hall–Kier alpha value is -2.15. The molecule has 1 amide bonds. The number of piperidine rings is 1. The van der Waals surface area contributed by atoms with E-state index >= 15 is 0 Å². The molecule has 0 saturated carbocycles. The van der Waals surface area contributed by atoms with Gasteiger partial charge in [0.2, 0.25) is 5.88 Å². The second kappa shape index (κ2) is 7.61. The van der Waals surface area contributed by atoms with Crippen LogP contribution in [0.5, 0.6) is 5.88 Å². The van der Waals surface area contributed by atoms with Crippen LogP contribution in [-0.2, 0) is 9.53 Å². The molecule has 2 aliphatic rings. The average Bonchev–Trinajstić information content (AvgIpc) is 3.06. The lowest BCUT2D eigenvalue weighted by Gasteiger charge is -2.34. The molecule has 7 nitrogen and oxygen atoms in total. The maximum atomic E-state index is 12.5. The Morgan fingerprint density at radius 1 is 1.27 bits per heavy atom. The van der Waals surface area contributed by atoms with Crippen molar-refractivity contribution in [2.45, 2.75) is 45.1 Å². The summed E-state index contributed by atoms with van der Waals surface area (Å²) in [6.07, 6.45) is 6.63. The number of ether oxygens (including phenoxy) is 2. The first-order valence-corrected chi connectivity index (χ1v) is 9.55. The summed E-state index contributed by atoms with van der Waals surface area (Å²) < 4.78 is 13.3. The fourth-order valence-corrected chi connectivity index (χ4v) is 3.72. The van der Waals surface area contributed by atoms with Crippen LogP contribution in [0.25, 0.3) is 5.65 Å². The Bertz CT molecular complexity index is 761. The van der Waals surface area contributed by atoms with Crippen LogP contribution in [0, 0.1) is 12.8 Å². The fourth-order valence-electron chi connectivity index (χ4n) is 3.72. The maximum absolute atomic E-state index is 12.5. The van der Waals surface area contributed by atoms with E-state index in [0.29, 0.717) is 25.0 Å². The van der Waals surface area contributed by atoms with Gasteiger partial charge in [-0.1, -0.05) is 0 Å². The van der Waals surface area contributed by atoms with Gasteiger partial charge in [-0.2, -0.15) is 0 Å². The molecule has 0 spiro atoms. The summed E-state index contributed by atoms with van der Waals surface area (Å²) >= 11 is 0. The lowest BCUT2D eigenvalue weighted by atomic mass is 9.97. The van der Waals surface area contributed by atoms with Crippen molar-refractivity contribution in [3.05, 3.63) is 24.0 Å². The number of aromatic nitrogens is 3. The summed E-state index contributed by atoms with van der Waals surface area (Å²) in [4.78, 5) is 18.8. The van der Waals surface area contributed by atoms with E-state index in [1.165, 1.54) is 0 Å². The second-order valence-electron chi connectivity index (χ2n) is 7.29.